The number of allylic oxidation sites excluding steroid dienone is 1. The van der Waals surface area contributed by atoms with Crippen molar-refractivity contribution in [1.29, 1.82) is 0 Å². The highest BCUT2D eigenvalue weighted by Crippen LogP contribution is 2.40. The Kier molecular flexibility index (Phi) is 3.28. The molecule has 0 N–H and O–H groups in total. The van der Waals surface area contributed by atoms with Crippen molar-refractivity contribution in [2.24, 2.45) is 5.92 Å². The van der Waals surface area contributed by atoms with Crippen LogP contribution in [-0.2, 0) is 11.2 Å². The van der Waals surface area contributed by atoms with Gasteiger partial charge in [-0.25, -0.2) is 0 Å². The molecule has 0 spiro atoms. The van der Waals surface area contributed by atoms with Gasteiger partial charge in [-0.2, -0.15) is 0 Å². The fourth-order valence-corrected chi connectivity index (χ4v) is 2.34. The summed E-state index contributed by atoms with van der Waals surface area (Å²) in [6.07, 6.45) is 3.63. The minimum Gasteiger partial charge on any atom is -0.299 e. The number of Topliss-reactive ketones (excluding diaryl/α,β-unsaturated/α-hetero) is 1. The highest BCUT2D eigenvalue weighted by Gasteiger charge is 2.35. The van der Waals surface area contributed by atoms with E-state index in [1.807, 2.05) is 48.5 Å². The van der Waals surface area contributed by atoms with Gasteiger partial charge in [0.2, 0.25) is 0 Å². The molecule has 1 fully saturated rings. The van der Waals surface area contributed by atoms with Crippen LogP contribution < -0.4 is 0 Å². The fourth-order valence-electron chi connectivity index (χ4n) is 2.34. The molecule has 0 amide bonds. The Morgan fingerprint density at radius 2 is 1.63 bits per heavy atom. The zero-order valence-electron chi connectivity index (χ0n) is 10.8. The van der Waals surface area contributed by atoms with E-state index in [2.05, 4.69) is 18.2 Å². The average Bonchev–Trinajstić information content (AvgIpc) is 3.20. The van der Waals surface area contributed by atoms with Gasteiger partial charge in [0, 0.05) is 12.3 Å². The molecule has 1 aliphatic rings. The smallest absolute Gasteiger partial charge is 0.144 e. The number of benzene rings is 2. The Balaban J connectivity index is 1.64. The topological polar surface area (TPSA) is 17.1 Å². The fraction of sp³-hybridized carbons (Fsp3) is 0.167. The van der Waals surface area contributed by atoms with Gasteiger partial charge in [0.15, 0.2) is 0 Å². The summed E-state index contributed by atoms with van der Waals surface area (Å²) < 4.78 is 0. The van der Waals surface area contributed by atoms with Crippen LogP contribution in [0.15, 0.2) is 66.2 Å². The van der Waals surface area contributed by atoms with E-state index in [0.29, 0.717) is 12.2 Å². The van der Waals surface area contributed by atoms with E-state index >= 15 is 0 Å². The molecule has 1 saturated carbocycles. The van der Waals surface area contributed by atoms with Gasteiger partial charge in [-0.05, 0) is 17.5 Å². The SMILES string of the molecule is O=C(Cc1ccccc1)C1C/C1=C\c1ccccc1. The van der Waals surface area contributed by atoms with Crippen molar-refractivity contribution in [3.05, 3.63) is 77.4 Å². The summed E-state index contributed by atoms with van der Waals surface area (Å²) >= 11 is 0. The number of rotatable bonds is 4. The maximum Gasteiger partial charge on any atom is 0.144 e. The molecule has 0 aromatic heterocycles. The van der Waals surface area contributed by atoms with Crippen molar-refractivity contribution in [2.45, 2.75) is 12.8 Å². The lowest BCUT2D eigenvalue weighted by atomic mass is 10.1. The van der Waals surface area contributed by atoms with Crippen LogP contribution in [0, 0.1) is 5.92 Å². The monoisotopic (exact) mass is 248 g/mol. The summed E-state index contributed by atoms with van der Waals surface area (Å²) in [5, 5.41) is 0. The van der Waals surface area contributed by atoms with Gasteiger partial charge in [-0.15, -0.1) is 0 Å². The molecule has 19 heavy (non-hydrogen) atoms. The number of carbonyl (C=O) groups excluding carboxylic acids is 1. The second-order valence-electron chi connectivity index (χ2n) is 5.02. The first-order valence-electron chi connectivity index (χ1n) is 6.65. The maximum atomic E-state index is 12.1. The van der Waals surface area contributed by atoms with E-state index in [0.717, 1.165) is 12.0 Å². The molecule has 2 aromatic carbocycles. The van der Waals surface area contributed by atoms with E-state index in [1.165, 1.54) is 11.1 Å². The van der Waals surface area contributed by atoms with E-state index in [1.54, 1.807) is 0 Å². The Labute approximate surface area is 113 Å². The summed E-state index contributed by atoms with van der Waals surface area (Å²) in [7, 11) is 0. The third kappa shape index (κ3) is 3.00. The molecule has 2 aromatic rings. The van der Waals surface area contributed by atoms with Gasteiger partial charge in [0.1, 0.15) is 5.78 Å². The third-order valence-corrected chi connectivity index (χ3v) is 3.49. The molecule has 1 aliphatic carbocycles. The minimum atomic E-state index is 0.153. The Morgan fingerprint density at radius 3 is 2.32 bits per heavy atom. The second kappa shape index (κ2) is 5.23. The lowest BCUT2D eigenvalue weighted by Gasteiger charge is -1.98. The van der Waals surface area contributed by atoms with Gasteiger partial charge >= 0.3 is 0 Å². The molecule has 0 saturated heterocycles. The van der Waals surface area contributed by atoms with Crippen LogP contribution in [0.4, 0.5) is 0 Å². The predicted octanol–water partition coefficient (Wildman–Crippen LogP) is 3.90. The third-order valence-electron chi connectivity index (χ3n) is 3.49. The lowest BCUT2D eigenvalue weighted by molar-refractivity contribution is -0.119. The zero-order chi connectivity index (χ0) is 13.1. The van der Waals surface area contributed by atoms with Crippen LogP contribution in [0.3, 0.4) is 0 Å². The standard InChI is InChI=1S/C18H16O/c19-18(12-15-9-5-2-6-10-15)17-13-16(17)11-14-7-3-1-4-8-14/h1-11,17H,12-13H2/b16-11+. The van der Waals surface area contributed by atoms with Crippen molar-refractivity contribution in [1.82, 2.24) is 0 Å². The van der Waals surface area contributed by atoms with E-state index < -0.39 is 0 Å². The largest absolute Gasteiger partial charge is 0.299 e. The summed E-state index contributed by atoms with van der Waals surface area (Å²) in [5.74, 6) is 0.494. The van der Waals surface area contributed by atoms with E-state index in [4.69, 9.17) is 0 Å². The van der Waals surface area contributed by atoms with Crippen molar-refractivity contribution < 1.29 is 4.79 Å². The molecular weight excluding hydrogens is 232 g/mol. The molecule has 1 unspecified atom stereocenters. The summed E-state index contributed by atoms with van der Waals surface area (Å²) in [5.41, 5.74) is 3.57. The molecule has 3 rings (SSSR count). The zero-order valence-corrected chi connectivity index (χ0v) is 10.8. The Bertz CT molecular complexity index is 596. The van der Waals surface area contributed by atoms with Gasteiger partial charge in [-0.3, -0.25) is 4.79 Å². The number of hydrogen-bond acceptors (Lipinski definition) is 1. The molecule has 0 radical (unpaired) electrons. The Hall–Kier alpha value is -2.15. The molecule has 1 nitrogen and oxygen atoms in total. The van der Waals surface area contributed by atoms with E-state index in [-0.39, 0.29) is 5.92 Å². The maximum absolute atomic E-state index is 12.1. The molecule has 0 aliphatic heterocycles. The minimum absolute atomic E-state index is 0.153. The predicted molar refractivity (Wildman–Crippen MR) is 77.7 cm³/mol. The summed E-state index contributed by atoms with van der Waals surface area (Å²) in [6, 6.07) is 20.2. The van der Waals surface area contributed by atoms with Crippen LogP contribution in [0.2, 0.25) is 0 Å². The molecule has 0 heterocycles. The van der Waals surface area contributed by atoms with Crippen LogP contribution >= 0.6 is 0 Å². The number of hydrogen-bond donors (Lipinski definition) is 0. The van der Waals surface area contributed by atoms with Gasteiger partial charge < -0.3 is 0 Å². The number of carbonyl (C=O) groups is 1. The number of ketones is 1. The van der Waals surface area contributed by atoms with Crippen molar-refractivity contribution in [3.8, 4) is 0 Å². The molecule has 1 atom stereocenters. The van der Waals surface area contributed by atoms with Crippen molar-refractivity contribution in [2.75, 3.05) is 0 Å². The molecule has 0 bridgehead atoms. The molecule has 94 valence electrons. The summed E-state index contributed by atoms with van der Waals surface area (Å²) in [4.78, 5) is 12.1. The highest BCUT2D eigenvalue weighted by molar-refractivity contribution is 5.91. The second-order valence-corrected chi connectivity index (χ2v) is 5.02. The van der Waals surface area contributed by atoms with Crippen LogP contribution in [0.1, 0.15) is 17.5 Å². The van der Waals surface area contributed by atoms with Crippen LogP contribution in [0.25, 0.3) is 6.08 Å². The average molecular weight is 248 g/mol. The van der Waals surface area contributed by atoms with E-state index in [9.17, 15) is 4.79 Å². The first-order chi connectivity index (χ1) is 9.33. The van der Waals surface area contributed by atoms with Gasteiger partial charge in [-0.1, -0.05) is 72.3 Å². The van der Waals surface area contributed by atoms with Crippen molar-refractivity contribution >= 4 is 11.9 Å². The lowest BCUT2D eigenvalue weighted by Crippen LogP contribution is -2.04. The van der Waals surface area contributed by atoms with Gasteiger partial charge in [0.05, 0.1) is 0 Å². The first kappa shape index (κ1) is 11.9. The quantitative estimate of drug-likeness (QED) is 0.802. The van der Waals surface area contributed by atoms with Crippen LogP contribution in [-0.4, -0.2) is 5.78 Å². The normalized spacial score (nSPS) is 19.4. The molecule has 1 heteroatoms. The summed E-state index contributed by atoms with van der Waals surface area (Å²) in [6.45, 7) is 0. The Morgan fingerprint density at radius 1 is 1.00 bits per heavy atom. The highest BCUT2D eigenvalue weighted by atomic mass is 16.1. The van der Waals surface area contributed by atoms with Gasteiger partial charge in [0.25, 0.3) is 0 Å². The molecular formula is C18H16O. The van der Waals surface area contributed by atoms with Crippen LogP contribution in [0.5, 0.6) is 0 Å². The first-order valence-corrected chi connectivity index (χ1v) is 6.65. The van der Waals surface area contributed by atoms with Crippen molar-refractivity contribution in [3.63, 3.8) is 0 Å².